The number of aliphatic hydroxyl groups excluding tert-OH is 1. The van der Waals surface area contributed by atoms with E-state index in [4.69, 9.17) is 24.2 Å². The first-order valence-electron chi connectivity index (χ1n) is 14.5. The summed E-state index contributed by atoms with van der Waals surface area (Å²) in [6.45, 7) is 8.08. The van der Waals surface area contributed by atoms with Gasteiger partial charge >= 0.3 is 6.18 Å². The fourth-order valence-electron chi connectivity index (χ4n) is 5.90. The standard InChI is InChI=1S/C35H33F3N2O4/c1-20-16-26-24(9-11-29(40-26)43-19-21-6-5-7-23(17-21)35(36,37)38)32(30(20)28(18-41)44-34(2,3)4)25-8-10-27-31-22(13-15-42-27)12-14-39-33(25)31/h5-12,14,16-17,28,41H,13,15,18-19H2,1-4H3/t28-/m1/s1. The molecule has 0 saturated carbocycles. The van der Waals surface area contributed by atoms with Crippen molar-refractivity contribution in [3.63, 3.8) is 0 Å². The van der Waals surface area contributed by atoms with Gasteiger partial charge in [-0.1, -0.05) is 12.1 Å². The molecule has 1 aliphatic heterocycles. The minimum Gasteiger partial charge on any atom is -0.493 e. The molecule has 0 radical (unpaired) electrons. The Labute approximate surface area is 253 Å². The predicted octanol–water partition coefficient (Wildman–Crippen LogP) is 8.14. The van der Waals surface area contributed by atoms with E-state index in [1.807, 2.05) is 58.0 Å². The maximum atomic E-state index is 13.2. The second-order valence-electron chi connectivity index (χ2n) is 12.0. The second kappa shape index (κ2) is 11.4. The monoisotopic (exact) mass is 602 g/mol. The van der Waals surface area contributed by atoms with Crippen LogP contribution < -0.4 is 9.47 Å². The van der Waals surface area contributed by atoms with E-state index in [9.17, 15) is 18.3 Å². The number of aromatic nitrogens is 2. The van der Waals surface area contributed by atoms with Gasteiger partial charge in [-0.3, -0.25) is 4.98 Å². The van der Waals surface area contributed by atoms with E-state index >= 15 is 0 Å². The number of hydrogen-bond donors (Lipinski definition) is 1. The molecule has 6 nitrogen and oxygen atoms in total. The van der Waals surface area contributed by atoms with Crippen LogP contribution in [0.3, 0.4) is 0 Å². The maximum absolute atomic E-state index is 13.2. The summed E-state index contributed by atoms with van der Waals surface area (Å²) in [5.41, 5.74) is 5.07. The van der Waals surface area contributed by atoms with Gasteiger partial charge < -0.3 is 19.3 Å². The molecule has 0 aliphatic carbocycles. The fourth-order valence-corrected chi connectivity index (χ4v) is 5.90. The second-order valence-corrected chi connectivity index (χ2v) is 12.0. The minimum atomic E-state index is -4.44. The summed E-state index contributed by atoms with van der Waals surface area (Å²) < 4.78 is 57.8. The van der Waals surface area contributed by atoms with Gasteiger partial charge in [0.05, 0.1) is 35.4 Å². The van der Waals surface area contributed by atoms with Gasteiger partial charge in [-0.05, 0) is 98.0 Å². The van der Waals surface area contributed by atoms with E-state index in [0.717, 1.165) is 68.4 Å². The van der Waals surface area contributed by atoms with Crippen molar-refractivity contribution in [3.05, 3.63) is 94.7 Å². The topological polar surface area (TPSA) is 73.7 Å². The zero-order chi connectivity index (χ0) is 31.2. The van der Waals surface area contributed by atoms with Crippen LogP contribution in [0, 0.1) is 6.92 Å². The summed E-state index contributed by atoms with van der Waals surface area (Å²) >= 11 is 0. The van der Waals surface area contributed by atoms with Gasteiger partial charge in [0.25, 0.3) is 0 Å². The highest BCUT2D eigenvalue weighted by molar-refractivity contribution is 6.07. The number of pyridine rings is 2. The first kappa shape index (κ1) is 29.8. The zero-order valence-electron chi connectivity index (χ0n) is 25.0. The van der Waals surface area contributed by atoms with Crippen LogP contribution in [-0.2, 0) is 23.9 Å². The number of nitrogens with zero attached hydrogens (tertiary/aromatic N) is 2. The van der Waals surface area contributed by atoms with Crippen molar-refractivity contribution in [1.82, 2.24) is 9.97 Å². The van der Waals surface area contributed by atoms with Crippen LogP contribution in [0.2, 0.25) is 0 Å². The molecule has 0 fully saturated rings. The Kier molecular flexibility index (Phi) is 7.71. The average Bonchev–Trinajstić information content (AvgIpc) is 2.98. The summed E-state index contributed by atoms with van der Waals surface area (Å²) in [6.07, 6.45) is -2.49. The maximum Gasteiger partial charge on any atom is 0.416 e. The minimum absolute atomic E-state index is 0.0723. The number of rotatable bonds is 7. The third-order valence-corrected chi connectivity index (χ3v) is 7.68. The van der Waals surface area contributed by atoms with Gasteiger partial charge in [-0.15, -0.1) is 0 Å². The predicted molar refractivity (Wildman–Crippen MR) is 163 cm³/mol. The van der Waals surface area contributed by atoms with Crippen molar-refractivity contribution in [3.8, 4) is 22.8 Å². The number of alkyl halides is 3. The quantitative estimate of drug-likeness (QED) is 0.203. The summed E-state index contributed by atoms with van der Waals surface area (Å²) in [4.78, 5) is 9.55. The van der Waals surface area contributed by atoms with Crippen LogP contribution in [0.4, 0.5) is 13.2 Å². The number of fused-ring (bicyclic) bond motifs is 1. The van der Waals surface area contributed by atoms with E-state index in [1.165, 1.54) is 6.07 Å². The highest BCUT2D eigenvalue weighted by atomic mass is 19.4. The van der Waals surface area contributed by atoms with Gasteiger partial charge in [0.15, 0.2) is 0 Å². The first-order valence-corrected chi connectivity index (χ1v) is 14.5. The van der Waals surface area contributed by atoms with Gasteiger partial charge in [0, 0.05) is 35.0 Å². The lowest BCUT2D eigenvalue weighted by molar-refractivity contribution is -0.137. The third kappa shape index (κ3) is 5.81. The van der Waals surface area contributed by atoms with Crippen molar-refractivity contribution >= 4 is 21.8 Å². The molecule has 1 atom stereocenters. The Hall–Kier alpha value is -4.21. The Bertz CT molecular complexity index is 1850. The van der Waals surface area contributed by atoms with Crippen molar-refractivity contribution in [2.75, 3.05) is 13.2 Å². The Morgan fingerprint density at radius 2 is 1.84 bits per heavy atom. The van der Waals surface area contributed by atoms with Crippen LogP contribution in [-0.4, -0.2) is 33.9 Å². The van der Waals surface area contributed by atoms with E-state index in [0.29, 0.717) is 17.7 Å². The number of benzene rings is 3. The van der Waals surface area contributed by atoms with E-state index < -0.39 is 23.4 Å². The van der Waals surface area contributed by atoms with E-state index in [2.05, 4.69) is 0 Å². The van der Waals surface area contributed by atoms with E-state index in [1.54, 1.807) is 18.3 Å². The normalized spacial score (nSPS) is 14.1. The number of aryl methyl sites for hydroxylation is 1. The molecule has 9 heteroatoms. The van der Waals surface area contributed by atoms with E-state index in [-0.39, 0.29) is 19.1 Å². The van der Waals surface area contributed by atoms with Crippen LogP contribution in [0.25, 0.3) is 32.9 Å². The highest BCUT2D eigenvalue weighted by Crippen LogP contribution is 2.45. The zero-order valence-corrected chi connectivity index (χ0v) is 25.0. The summed E-state index contributed by atoms with van der Waals surface area (Å²) in [5, 5.41) is 12.3. The van der Waals surface area contributed by atoms with Crippen molar-refractivity contribution in [2.24, 2.45) is 0 Å². The molecule has 6 rings (SSSR count). The van der Waals surface area contributed by atoms with Crippen LogP contribution in [0.5, 0.6) is 11.6 Å². The molecule has 0 amide bonds. The molecule has 1 N–H and O–H groups in total. The lowest BCUT2D eigenvalue weighted by Crippen LogP contribution is -2.25. The summed E-state index contributed by atoms with van der Waals surface area (Å²) in [5.74, 6) is 1.06. The van der Waals surface area contributed by atoms with Gasteiger partial charge in [0.2, 0.25) is 5.88 Å². The molecule has 0 bridgehead atoms. The molecule has 1 aliphatic rings. The lowest BCUT2D eigenvalue weighted by Gasteiger charge is -2.30. The molecule has 0 saturated heterocycles. The van der Waals surface area contributed by atoms with Gasteiger partial charge in [-0.2, -0.15) is 13.2 Å². The molecule has 2 aromatic heterocycles. The summed E-state index contributed by atoms with van der Waals surface area (Å²) in [7, 11) is 0. The molecular formula is C35H33F3N2O4. The largest absolute Gasteiger partial charge is 0.493 e. The molecule has 5 aromatic rings. The molecule has 0 spiro atoms. The third-order valence-electron chi connectivity index (χ3n) is 7.68. The fraction of sp³-hybridized carbons (Fsp3) is 0.314. The molecule has 0 unspecified atom stereocenters. The molecule has 3 heterocycles. The van der Waals surface area contributed by atoms with Gasteiger partial charge in [-0.25, -0.2) is 4.98 Å². The number of aliphatic hydroxyl groups is 1. The van der Waals surface area contributed by atoms with Crippen molar-refractivity contribution in [1.29, 1.82) is 0 Å². The van der Waals surface area contributed by atoms with Crippen LogP contribution >= 0.6 is 0 Å². The van der Waals surface area contributed by atoms with Crippen LogP contribution in [0.1, 0.15) is 54.7 Å². The highest BCUT2D eigenvalue weighted by Gasteiger charge is 2.31. The average molecular weight is 603 g/mol. The number of ether oxygens (including phenoxy) is 3. The number of halogens is 3. The molecule has 44 heavy (non-hydrogen) atoms. The number of hydrogen-bond acceptors (Lipinski definition) is 6. The first-order chi connectivity index (χ1) is 20.9. The SMILES string of the molecule is Cc1cc2nc(OCc3cccc(C(F)(F)F)c3)ccc2c(-c2ccc3c4c(ccnc24)CCO3)c1[C@@H](CO)OC(C)(C)C. The van der Waals surface area contributed by atoms with Gasteiger partial charge in [0.1, 0.15) is 18.5 Å². The molecule has 228 valence electrons. The smallest absolute Gasteiger partial charge is 0.416 e. The van der Waals surface area contributed by atoms with Crippen LogP contribution in [0.15, 0.2) is 66.9 Å². The molecular weight excluding hydrogens is 569 g/mol. The Morgan fingerprint density at radius 1 is 1.02 bits per heavy atom. The van der Waals surface area contributed by atoms with Crippen molar-refractivity contribution < 1.29 is 32.5 Å². The van der Waals surface area contributed by atoms with Crippen molar-refractivity contribution in [2.45, 2.75) is 58.6 Å². The Morgan fingerprint density at radius 3 is 2.59 bits per heavy atom. The summed E-state index contributed by atoms with van der Waals surface area (Å²) in [6, 6.07) is 16.5. The lowest BCUT2D eigenvalue weighted by atomic mass is 9.86. The Balaban J connectivity index is 1.50. The molecule has 3 aromatic carbocycles.